The molecule has 0 spiro atoms. The molecule has 0 radical (unpaired) electrons. The van der Waals surface area contributed by atoms with Crippen molar-refractivity contribution < 1.29 is 17.6 Å². The highest BCUT2D eigenvalue weighted by Crippen LogP contribution is 2.21. The first-order valence-corrected chi connectivity index (χ1v) is 10.3. The smallest absolute Gasteiger partial charge is 0.336 e. The summed E-state index contributed by atoms with van der Waals surface area (Å²) in [6, 6.07) is 13.3. The second-order valence-electron chi connectivity index (χ2n) is 6.11. The highest BCUT2D eigenvalue weighted by Gasteiger charge is 2.16. The molecule has 28 heavy (non-hydrogen) atoms. The summed E-state index contributed by atoms with van der Waals surface area (Å²) >= 11 is 0. The fourth-order valence-corrected chi connectivity index (χ4v) is 3.90. The Balaban J connectivity index is 1.83. The molecule has 1 N–H and O–H groups in total. The zero-order valence-corrected chi connectivity index (χ0v) is 16.3. The zero-order valence-electron chi connectivity index (χ0n) is 15.5. The Morgan fingerprint density at radius 3 is 2.32 bits per heavy atom. The lowest BCUT2D eigenvalue weighted by Gasteiger charge is -2.18. The van der Waals surface area contributed by atoms with Crippen LogP contribution in [0.15, 0.2) is 68.7 Å². The van der Waals surface area contributed by atoms with Gasteiger partial charge < -0.3 is 9.32 Å². The molecular weight excluding hydrogens is 380 g/mol. The van der Waals surface area contributed by atoms with Gasteiger partial charge in [0.25, 0.3) is 15.9 Å². The van der Waals surface area contributed by atoms with Gasteiger partial charge in [-0.1, -0.05) is 0 Å². The molecule has 0 aliphatic rings. The fraction of sp³-hybridized carbons (Fsp3) is 0.200. The highest BCUT2D eigenvalue weighted by molar-refractivity contribution is 7.92. The van der Waals surface area contributed by atoms with E-state index >= 15 is 0 Å². The highest BCUT2D eigenvalue weighted by atomic mass is 32.2. The van der Waals surface area contributed by atoms with Crippen molar-refractivity contribution in [2.45, 2.75) is 18.7 Å². The third-order valence-corrected chi connectivity index (χ3v) is 5.71. The minimum atomic E-state index is -3.84. The standard InChI is InChI=1S/C20H20N2O5S/c1-3-22(4-2)20(24)14-5-8-16(9-6-14)21-28(25,26)17-10-11-18-15(13-17)7-12-19(23)27-18/h5-13,21H,3-4H2,1-2H3. The van der Waals surface area contributed by atoms with Gasteiger partial charge >= 0.3 is 5.63 Å². The van der Waals surface area contributed by atoms with E-state index < -0.39 is 15.6 Å². The van der Waals surface area contributed by atoms with Gasteiger partial charge in [-0.25, -0.2) is 13.2 Å². The minimum absolute atomic E-state index is 0.0390. The Kier molecular flexibility index (Phi) is 5.51. The molecule has 146 valence electrons. The number of anilines is 1. The second kappa shape index (κ2) is 7.85. The molecule has 0 bridgehead atoms. The third kappa shape index (κ3) is 4.07. The molecule has 7 nitrogen and oxygen atoms in total. The molecule has 1 amide bonds. The number of carbonyl (C=O) groups is 1. The largest absolute Gasteiger partial charge is 0.423 e. The summed E-state index contributed by atoms with van der Waals surface area (Å²) in [5.74, 6) is -0.101. The van der Waals surface area contributed by atoms with Crippen LogP contribution in [0.3, 0.4) is 0 Å². The van der Waals surface area contributed by atoms with E-state index in [9.17, 15) is 18.0 Å². The number of fused-ring (bicyclic) bond motifs is 1. The molecular formula is C20H20N2O5S. The first-order valence-electron chi connectivity index (χ1n) is 8.80. The number of nitrogens with zero attached hydrogens (tertiary/aromatic N) is 1. The van der Waals surface area contributed by atoms with Crippen LogP contribution in [0.4, 0.5) is 5.69 Å². The van der Waals surface area contributed by atoms with Gasteiger partial charge in [-0.15, -0.1) is 0 Å². The first kappa shape index (κ1) is 19.6. The third-order valence-electron chi connectivity index (χ3n) is 4.34. The summed E-state index contributed by atoms with van der Waals surface area (Å²) < 4.78 is 32.8. The number of carbonyl (C=O) groups excluding carboxylic acids is 1. The van der Waals surface area contributed by atoms with Gasteiger partial charge in [0.1, 0.15) is 5.58 Å². The van der Waals surface area contributed by atoms with E-state index in [1.807, 2.05) is 13.8 Å². The van der Waals surface area contributed by atoms with E-state index in [1.165, 1.54) is 30.3 Å². The van der Waals surface area contributed by atoms with E-state index in [2.05, 4.69) is 4.72 Å². The lowest BCUT2D eigenvalue weighted by Crippen LogP contribution is -2.30. The summed E-state index contributed by atoms with van der Waals surface area (Å²) in [7, 11) is -3.84. The van der Waals surface area contributed by atoms with Crippen LogP contribution in [-0.2, 0) is 10.0 Å². The Labute approximate surface area is 162 Å². The van der Waals surface area contributed by atoms with Crippen molar-refractivity contribution in [3.8, 4) is 0 Å². The van der Waals surface area contributed by atoms with E-state index in [1.54, 1.807) is 29.2 Å². The normalized spacial score (nSPS) is 11.4. The van der Waals surface area contributed by atoms with Gasteiger partial charge in [-0.05, 0) is 62.4 Å². The lowest BCUT2D eigenvalue weighted by molar-refractivity contribution is 0.0773. The van der Waals surface area contributed by atoms with Crippen LogP contribution in [0.5, 0.6) is 0 Å². The minimum Gasteiger partial charge on any atom is -0.423 e. The topological polar surface area (TPSA) is 96.7 Å². The maximum Gasteiger partial charge on any atom is 0.336 e. The first-order chi connectivity index (χ1) is 13.3. The van der Waals surface area contributed by atoms with Crippen LogP contribution in [0, 0.1) is 0 Å². The molecule has 0 saturated heterocycles. The predicted molar refractivity (Wildman–Crippen MR) is 107 cm³/mol. The molecule has 0 aliphatic carbocycles. The van der Waals surface area contributed by atoms with Crippen molar-refractivity contribution in [2.24, 2.45) is 0 Å². The van der Waals surface area contributed by atoms with E-state index in [-0.39, 0.29) is 10.8 Å². The summed E-state index contributed by atoms with van der Waals surface area (Å²) in [4.78, 5) is 25.3. The van der Waals surface area contributed by atoms with Crippen LogP contribution >= 0.6 is 0 Å². The molecule has 3 rings (SSSR count). The number of amides is 1. The second-order valence-corrected chi connectivity index (χ2v) is 7.80. The van der Waals surface area contributed by atoms with Crippen LogP contribution in [0.2, 0.25) is 0 Å². The summed E-state index contributed by atoms with van der Waals surface area (Å²) in [6.45, 7) is 5.01. The van der Waals surface area contributed by atoms with Gasteiger partial charge in [-0.3, -0.25) is 9.52 Å². The number of hydrogen-bond donors (Lipinski definition) is 1. The van der Waals surface area contributed by atoms with Crippen LogP contribution in [-0.4, -0.2) is 32.3 Å². The quantitative estimate of drug-likeness (QED) is 0.642. The molecule has 1 aromatic heterocycles. The number of benzene rings is 2. The van der Waals surface area contributed by atoms with E-state index in [0.29, 0.717) is 35.3 Å². The Bertz CT molecular complexity index is 1160. The molecule has 1 heterocycles. The molecule has 0 saturated carbocycles. The van der Waals surface area contributed by atoms with Gasteiger partial charge in [0.15, 0.2) is 0 Å². The van der Waals surface area contributed by atoms with Gasteiger partial charge in [-0.2, -0.15) is 0 Å². The lowest BCUT2D eigenvalue weighted by atomic mass is 10.2. The van der Waals surface area contributed by atoms with Crippen molar-refractivity contribution in [3.05, 3.63) is 70.6 Å². The SMILES string of the molecule is CCN(CC)C(=O)c1ccc(NS(=O)(=O)c2ccc3oc(=O)ccc3c2)cc1. The van der Waals surface area contributed by atoms with Crippen molar-refractivity contribution in [2.75, 3.05) is 17.8 Å². The monoisotopic (exact) mass is 400 g/mol. The molecule has 0 aliphatic heterocycles. The molecule has 0 atom stereocenters. The summed E-state index contributed by atoms with van der Waals surface area (Å²) in [5.41, 5.74) is 0.648. The van der Waals surface area contributed by atoms with Gasteiger partial charge in [0, 0.05) is 35.8 Å². The van der Waals surface area contributed by atoms with E-state index in [4.69, 9.17) is 4.42 Å². The maximum absolute atomic E-state index is 12.7. The van der Waals surface area contributed by atoms with Crippen molar-refractivity contribution in [1.29, 1.82) is 0 Å². The van der Waals surface area contributed by atoms with E-state index in [0.717, 1.165) is 0 Å². The van der Waals surface area contributed by atoms with Crippen molar-refractivity contribution in [1.82, 2.24) is 4.90 Å². The van der Waals surface area contributed by atoms with Crippen LogP contribution in [0.1, 0.15) is 24.2 Å². The molecule has 2 aromatic carbocycles. The average Bonchev–Trinajstić information content (AvgIpc) is 2.68. The Hall–Kier alpha value is -3.13. The average molecular weight is 400 g/mol. The molecule has 3 aromatic rings. The maximum atomic E-state index is 12.7. The summed E-state index contributed by atoms with van der Waals surface area (Å²) in [6.07, 6.45) is 0. The molecule has 8 heteroatoms. The number of sulfonamides is 1. The zero-order chi connectivity index (χ0) is 20.3. The van der Waals surface area contributed by atoms with Crippen LogP contribution in [0.25, 0.3) is 11.0 Å². The molecule has 0 unspecified atom stereocenters. The predicted octanol–water partition coefficient (Wildman–Crippen LogP) is 3.08. The van der Waals surface area contributed by atoms with Gasteiger partial charge in [0.05, 0.1) is 4.90 Å². The van der Waals surface area contributed by atoms with Crippen LogP contribution < -0.4 is 10.3 Å². The Morgan fingerprint density at radius 1 is 1.00 bits per heavy atom. The fourth-order valence-electron chi connectivity index (χ4n) is 2.81. The number of hydrogen-bond acceptors (Lipinski definition) is 5. The van der Waals surface area contributed by atoms with Crippen molar-refractivity contribution >= 4 is 32.6 Å². The summed E-state index contributed by atoms with van der Waals surface area (Å²) in [5, 5.41) is 0.502. The number of nitrogens with one attached hydrogen (secondary N) is 1. The van der Waals surface area contributed by atoms with Crippen molar-refractivity contribution in [3.63, 3.8) is 0 Å². The molecule has 0 fully saturated rings. The Morgan fingerprint density at radius 2 is 1.68 bits per heavy atom. The number of rotatable bonds is 6. The van der Waals surface area contributed by atoms with Gasteiger partial charge in [0.2, 0.25) is 0 Å².